The van der Waals surface area contributed by atoms with E-state index in [1.807, 2.05) is 0 Å². The summed E-state index contributed by atoms with van der Waals surface area (Å²) in [5.41, 5.74) is 0. The molecule has 0 aromatic rings. The quantitative estimate of drug-likeness (QED) is 0.0490. The van der Waals surface area contributed by atoms with E-state index in [0.29, 0.717) is 25.8 Å². The molecule has 0 bridgehead atoms. The Morgan fingerprint density at radius 2 is 0.898 bits per heavy atom. The van der Waals surface area contributed by atoms with E-state index in [0.717, 1.165) is 25.7 Å². The van der Waals surface area contributed by atoms with Crippen LogP contribution in [0.4, 0.5) is 0 Å². The van der Waals surface area contributed by atoms with E-state index < -0.39 is 6.29 Å². The molecule has 0 N–H and O–H groups in total. The molecule has 292 valence electrons. The maximum atomic E-state index is 6.69. The van der Waals surface area contributed by atoms with Crippen molar-refractivity contribution in [2.45, 2.75) is 230 Å². The highest BCUT2D eigenvalue weighted by atomic mass is 16.7. The summed E-state index contributed by atoms with van der Waals surface area (Å²) in [6, 6.07) is 0.423. The van der Waals surface area contributed by atoms with Gasteiger partial charge in [0, 0.05) is 33.5 Å². The third kappa shape index (κ3) is 19.9. The molecule has 1 saturated heterocycles. The molecule has 5 atom stereocenters. The number of nitrogens with zero attached hydrogens (tertiary/aromatic N) is 1. The first-order valence-corrected chi connectivity index (χ1v) is 21.4. The average molecular weight is 698 g/mol. The van der Waals surface area contributed by atoms with Crippen LogP contribution in [0.15, 0.2) is 0 Å². The van der Waals surface area contributed by atoms with Gasteiger partial charge in [-0.05, 0) is 25.7 Å². The fourth-order valence-electron chi connectivity index (χ4n) is 7.93. The highest BCUT2D eigenvalue weighted by Gasteiger charge is 2.49. The highest BCUT2D eigenvalue weighted by Crippen LogP contribution is 2.31. The molecule has 0 radical (unpaired) electrons. The number of hydroxylamine groups is 2. The lowest BCUT2D eigenvalue weighted by molar-refractivity contribution is -0.321. The summed E-state index contributed by atoms with van der Waals surface area (Å²) >= 11 is 0. The Bertz CT molecular complexity index is 707. The predicted octanol–water partition coefficient (Wildman–Crippen LogP) is 11.4. The Morgan fingerprint density at radius 3 is 1.29 bits per heavy atom. The molecule has 7 nitrogen and oxygen atoms in total. The molecule has 0 amide bonds. The Balaban J connectivity index is 1.80. The van der Waals surface area contributed by atoms with E-state index in [2.05, 4.69) is 18.9 Å². The number of hydrogen-bond donors (Lipinski definition) is 0. The summed E-state index contributed by atoms with van der Waals surface area (Å²) in [5.74, 6) is 0. The summed E-state index contributed by atoms with van der Waals surface area (Å²) in [6.07, 6.45) is 35.3. The summed E-state index contributed by atoms with van der Waals surface area (Å²) in [4.78, 5) is 5.88. The zero-order valence-corrected chi connectivity index (χ0v) is 33.3. The molecule has 1 aliphatic heterocycles. The Morgan fingerprint density at radius 1 is 0.490 bits per heavy atom. The van der Waals surface area contributed by atoms with E-state index in [9.17, 15) is 0 Å². The zero-order chi connectivity index (χ0) is 35.2. The van der Waals surface area contributed by atoms with Crippen molar-refractivity contribution >= 4 is 0 Å². The molecule has 2 fully saturated rings. The van der Waals surface area contributed by atoms with Crippen LogP contribution in [0, 0.1) is 0 Å². The average Bonchev–Trinajstić information content (AvgIpc) is 3.66. The van der Waals surface area contributed by atoms with Crippen LogP contribution in [0.25, 0.3) is 0 Å². The Hall–Kier alpha value is -0.280. The fourth-order valence-corrected chi connectivity index (χ4v) is 7.93. The summed E-state index contributed by atoms with van der Waals surface area (Å²) in [7, 11) is 5.28. The van der Waals surface area contributed by atoms with Gasteiger partial charge in [0.25, 0.3) is 0 Å². The van der Waals surface area contributed by atoms with Crippen molar-refractivity contribution in [1.82, 2.24) is 5.06 Å². The van der Waals surface area contributed by atoms with Crippen LogP contribution >= 0.6 is 0 Å². The number of rotatable bonds is 34. The molecule has 49 heavy (non-hydrogen) atoms. The van der Waals surface area contributed by atoms with Crippen LogP contribution in [0.2, 0.25) is 0 Å². The van der Waals surface area contributed by atoms with Crippen molar-refractivity contribution in [3.63, 3.8) is 0 Å². The molecule has 0 spiro atoms. The van der Waals surface area contributed by atoms with Gasteiger partial charge in [-0.3, -0.25) is 0 Å². The molecule has 2 aliphatic rings. The summed E-state index contributed by atoms with van der Waals surface area (Å²) in [6.45, 7) is 6.61. The van der Waals surface area contributed by atoms with E-state index in [-0.39, 0.29) is 24.4 Å². The molecule has 7 heteroatoms. The molecular weight excluding hydrogens is 614 g/mol. The minimum Gasteiger partial charge on any atom is -0.376 e. The van der Waals surface area contributed by atoms with Crippen LogP contribution in [-0.4, -0.2) is 82.9 Å². The van der Waals surface area contributed by atoms with E-state index in [1.54, 1.807) is 21.3 Å². The minimum absolute atomic E-state index is 0.228. The van der Waals surface area contributed by atoms with Crippen LogP contribution in [-0.2, 0) is 28.5 Å². The molecule has 0 unspecified atom stereocenters. The van der Waals surface area contributed by atoms with Crippen molar-refractivity contribution in [3.05, 3.63) is 0 Å². The van der Waals surface area contributed by atoms with Crippen molar-refractivity contribution < 1.29 is 28.5 Å². The van der Waals surface area contributed by atoms with Gasteiger partial charge in [0.2, 0.25) is 0 Å². The first-order chi connectivity index (χ1) is 24.2. The molecular formula is C42H83NO6. The predicted molar refractivity (Wildman–Crippen MR) is 204 cm³/mol. The topological polar surface area (TPSA) is 58.6 Å². The van der Waals surface area contributed by atoms with Gasteiger partial charge >= 0.3 is 0 Å². The maximum Gasteiger partial charge on any atom is 0.186 e. The van der Waals surface area contributed by atoms with Crippen molar-refractivity contribution in [3.8, 4) is 0 Å². The lowest BCUT2D eigenvalue weighted by atomic mass is 9.97. The first-order valence-electron chi connectivity index (χ1n) is 21.4. The Kier molecular flexibility index (Phi) is 28.6. The van der Waals surface area contributed by atoms with Gasteiger partial charge in [-0.15, -0.1) is 0 Å². The van der Waals surface area contributed by atoms with Gasteiger partial charge < -0.3 is 28.5 Å². The molecule has 0 aromatic heterocycles. The van der Waals surface area contributed by atoms with Gasteiger partial charge in [-0.25, -0.2) is 0 Å². The molecule has 2 rings (SSSR count). The van der Waals surface area contributed by atoms with E-state index in [1.165, 1.54) is 154 Å². The minimum atomic E-state index is -0.497. The first kappa shape index (κ1) is 44.9. The van der Waals surface area contributed by atoms with Crippen LogP contribution in [0.5, 0.6) is 0 Å². The Labute approximate surface area is 304 Å². The lowest BCUT2D eigenvalue weighted by Gasteiger charge is -2.46. The van der Waals surface area contributed by atoms with Gasteiger partial charge in [0.1, 0.15) is 24.4 Å². The number of ether oxygens (including phenoxy) is 5. The van der Waals surface area contributed by atoms with Crippen LogP contribution in [0.1, 0.15) is 194 Å². The smallest absolute Gasteiger partial charge is 0.186 e. The van der Waals surface area contributed by atoms with Gasteiger partial charge in [0.05, 0.1) is 13.7 Å². The molecule has 0 aromatic carbocycles. The normalized spacial score (nSPS) is 23.3. The standard InChI is InChI=1S/C42H83NO6/c1-6-8-10-12-14-16-18-20-22-24-26-30-34-47-40-39(44-3)38(36-43(46-5)37-32-28-29-33-37)49-42(45-4)41(40)48-35-31-27-25-23-21-19-17-15-13-11-9-7-2/h37-42H,6-36H2,1-5H3/t38-,39-,40+,41-,42+/m1/s1. The van der Waals surface area contributed by atoms with Crippen molar-refractivity contribution in [1.29, 1.82) is 0 Å². The second-order valence-electron chi connectivity index (χ2n) is 15.1. The number of methoxy groups -OCH3 is 2. The van der Waals surface area contributed by atoms with Crippen LogP contribution in [0.3, 0.4) is 0 Å². The second kappa shape index (κ2) is 31.3. The fraction of sp³-hybridized carbons (Fsp3) is 1.00. The van der Waals surface area contributed by atoms with Gasteiger partial charge in [-0.2, -0.15) is 5.06 Å². The van der Waals surface area contributed by atoms with Crippen molar-refractivity contribution in [2.75, 3.05) is 41.1 Å². The number of unbranched alkanes of at least 4 members (excludes halogenated alkanes) is 22. The molecule has 1 saturated carbocycles. The summed E-state index contributed by atoms with van der Waals surface area (Å²) in [5, 5.41) is 2.10. The number of hydrogen-bond acceptors (Lipinski definition) is 7. The second-order valence-corrected chi connectivity index (χ2v) is 15.1. The third-order valence-corrected chi connectivity index (χ3v) is 11.0. The molecule has 1 aliphatic carbocycles. The highest BCUT2D eigenvalue weighted by molar-refractivity contribution is 4.94. The maximum absolute atomic E-state index is 6.69. The summed E-state index contributed by atoms with van der Waals surface area (Å²) < 4.78 is 31.9. The van der Waals surface area contributed by atoms with E-state index in [4.69, 9.17) is 28.5 Å². The third-order valence-electron chi connectivity index (χ3n) is 11.0. The van der Waals surface area contributed by atoms with Crippen LogP contribution < -0.4 is 0 Å². The van der Waals surface area contributed by atoms with E-state index >= 15 is 0 Å². The lowest BCUT2D eigenvalue weighted by Crippen LogP contribution is -2.63. The van der Waals surface area contributed by atoms with Gasteiger partial charge in [-0.1, -0.05) is 168 Å². The van der Waals surface area contributed by atoms with Crippen molar-refractivity contribution in [2.24, 2.45) is 0 Å². The largest absolute Gasteiger partial charge is 0.376 e. The molecule has 1 heterocycles. The SMILES string of the molecule is CCCCCCCCCCCCCCO[C@@H]1[C@@H](OCCCCCCCCCCCCCC)[C@@H](OC)O[C@H](CN(OC)C2CCCC2)[C@H]1OC. The monoisotopic (exact) mass is 698 g/mol. The van der Waals surface area contributed by atoms with Gasteiger partial charge in [0.15, 0.2) is 6.29 Å². The zero-order valence-electron chi connectivity index (χ0n) is 33.3.